The van der Waals surface area contributed by atoms with Gasteiger partial charge in [-0.25, -0.2) is 0 Å². The fourth-order valence-electron chi connectivity index (χ4n) is 2.50. The second kappa shape index (κ2) is 5.64. The number of fused-ring (bicyclic) bond motifs is 1. The Labute approximate surface area is 138 Å². The molecular formula is C14H11BrClNOS2. The first-order valence-corrected chi connectivity index (χ1v) is 8.89. The van der Waals surface area contributed by atoms with Crippen molar-refractivity contribution in [3.05, 3.63) is 54.3 Å². The highest BCUT2D eigenvalue weighted by molar-refractivity contribution is 9.11. The number of hydrogen-bond acceptors (Lipinski definition) is 3. The fourth-order valence-corrected chi connectivity index (χ4v) is 5.27. The molecule has 2 nitrogen and oxygen atoms in total. The molecule has 0 bridgehead atoms. The molecule has 0 saturated carbocycles. The van der Waals surface area contributed by atoms with Gasteiger partial charge in [-0.15, -0.1) is 22.7 Å². The third kappa shape index (κ3) is 2.48. The van der Waals surface area contributed by atoms with E-state index in [-0.39, 0.29) is 11.8 Å². The maximum atomic E-state index is 12.0. The first-order chi connectivity index (χ1) is 9.60. The van der Waals surface area contributed by atoms with Gasteiger partial charge in [-0.2, -0.15) is 0 Å². The number of hydrogen-bond donors (Lipinski definition) is 0. The predicted octanol–water partition coefficient (Wildman–Crippen LogP) is 4.89. The highest BCUT2D eigenvalue weighted by atomic mass is 79.9. The molecule has 1 amide bonds. The van der Waals surface area contributed by atoms with Crippen molar-refractivity contribution >= 4 is 56.1 Å². The van der Waals surface area contributed by atoms with Crippen molar-refractivity contribution < 1.29 is 4.79 Å². The number of nitrogens with zero attached hydrogens (tertiary/aromatic N) is 1. The molecule has 20 heavy (non-hydrogen) atoms. The summed E-state index contributed by atoms with van der Waals surface area (Å²) in [4.78, 5) is 15.0. The zero-order valence-electron chi connectivity index (χ0n) is 10.4. The van der Waals surface area contributed by atoms with Crippen LogP contribution in [0.4, 0.5) is 0 Å². The maximum absolute atomic E-state index is 12.0. The molecule has 3 heterocycles. The Morgan fingerprint density at radius 1 is 1.55 bits per heavy atom. The molecule has 0 radical (unpaired) electrons. The van der Waals surface area contributed by atoms with Crippen molar-refractivity contribution in [1.29, 1.82) is 0 Å². The lowest BCUT2D eigenvalue weighted by Gasteiger charge is -2.32. The topological polar surface area (TPSA) is 20.3 Å². The van der Waals surface area contributed by atoms with Gasteiger partial charge in [-0.1, -0.05) is 18.2 Å². The molecule has 2 aromatic rings. The molecule has 0 aromatic carbocycles. The van der Waals surface area contributed by atoms with Crippen molar-refractivity contribution in [2.75, 3.05) is 6.54 Å². The summed E-state index contributed by atoms with van der Waals surface area (Å²) in [6.45, 7) is 4.87. The van der Waals surface area contributed by atoms with Gasteiger partial charge in [-0.05, 0) is 50.6 Å². The highest BCUT2D eigenvalue weighted by Crippen LogP contribution is 2.43. The van der Waals surface area contributed by atoms with Crippen LogP contribution in [0.1, 0.15) is 21.9 Å². The summed E-state index contributed by atoms with van der Waals surface area (Å²) >= 11 is 13.0. The monoisotopic (exact) mass is 387 g/mol. The number of carbonyl (C=O) groups excluding carboxylic acids is 1. The van der Waals surface area contributed by atoms with Gasteiger partial charge in [0.05, 0.1) is 14.7 Å². The van der Waals surface area contributed by atoms with Gasteiger partial charge in [0.1, 0.15) is 0 Å². The zero-order valence-corrected chi connectivity index (χ0v) is 14.4. The highest BCUT2D eigenvalue weighted by Gasteiger charge is 2.31. The molecule has 1 aliphatic rings. The van der Waals surface area contributed by atoms with Crippen LogP contribution in [0.15, 0.2) is 34.0 Å². The van der Waals surface area contributed by atoms with Crippen LogP contribution in [-0.4, -0.2) is 17.4 Å². The van der Waals surface area contributed by atoms with Gasteiger partial charge in [-0.3, -0.25) is 4.79 Å². The van der Waals surface area contributed by atoms with Gasteiger partial charge in [0.2, 0.25) is 5.91 Å². The number of amides is 1. The summed E-state index contributed by atoms with van der Waals surface area (Å²) in [6, 6.07) is 4.14. The Kier molecular flexibility index (Phi) is 4.04. The van der Waals surface area contributed by atoms with E-state index in [2.05, 4.69) is 34.0 Å². The molecule has 0 fully saturated rings. The summed E-state index contributed by atoms with van der Waals surface area (Å²) in [5.41, 5.74) is 2.46. The predicted molar refractivity (Wildman–Crippen MR) is 88.8 cm³/mol. The smallest absolute Gasteiger partial charge is 0.246 e. The average molecular weight is 389 g/mol. The van der Waals surface area contributed by atoms with E-state index in [1.54, 1.807) is 22.7 Å². The summed E-state index contributed by atoms with van der Waals surface area (Å²) < 4.78 is 1.89. The van der Waals surface area contributed by atoms with Gasteiger partial charge < -0.3 is 4.90 Å². The molecule has 0 saturated heterocycles. The third-order valence-corrected chi connectivity index (χ3v) is 6.43. The zero-order chi connectivity index (χ0) is 14.3. The summed E-state index contributed by atoms with van der Waals surface area (Å²) in [5, 5.41) is 2.06. The van der Waals surface area contributed by atoms with E-state index < -0.39 is 0 Å². The normalized spacial score (nSPS) is 17.9. The first kappa shape index (κ1) is 14.3. The van der Waals surface area contributed by atoms with Gasteiger partial charge in [0.15, 0.2) is 0 Å². The van der Waals surface area contributed by atoms with Gasteiger partial charge in [0, 0.05) is 17.3 Å². The lowest BCUT2D eigenvalue weighted by Crippen LogP contribution is -2.36. The third-order valence-electron chi connectivity index (χ3n) is 3.43. The van der Waals surface area contributed by atoms with Crippen molar-refractivity contribution in [3.8, 4) is 0 Å². The summed E-state index contributed by atoms with van der Waals surface area (Å²) in [7, 11) is 0. The summed E-state index contributed by atoms with van der Waals surface area (Å²) in [6.07, 6.45) is 1.37. The minimum Gasteiger partial charge on any atom is -0.333 e. The van der Waals surface area contributed by atoms with E-state index in [9.17, 15) is 4.79 Å². The summed E-state index contributed by atoms with van der Waals surface area (Å²) in [5.74, 6) is 0.142. The molecule has 3 rings (SSSR count). The van der Waals surface area contributed by atoms with E-state index in [1.807, 2.05) is 11.0 Å². The minimum atomic E-state index is -0.0310. The number of rotatable bonds is 2. The Morgan fingerprint density at radius 3 is 3.00 bits per heavy atom. The van der Waals surface area contributed by atoms with Crippen LogP contribution in [0.2, 0.25) is 4.34 Å². The van der Waals surface area contributed by atoms with Crippen molar-refractivity contribution in [2.24, 2.45) is 0 Å². The number of thiophene rings is 2. The largest absolute Gasteiger partial charge is 0.333 e. The Balaban J connectivity index is 2.06. The Morgan fingerprint density at radius 2 is 2.35 bits per heavy atom. The van der Waals surface area contributed by atoms with Crippen LogP contribution in [0, 0.1) is 0 Å². The maximum Gasteiger partial charge on any atom is 0.246 e. The second-order valence-corrected chi connectivity index (χ2v) is 8.56. The standard InChI is InChI=1S/C14H11BrClNOS2/c1-2-13(18)17-6-10(8-3-4-19-14(8)15)9-5-12(16)20-11(9)7-17/h2-5,10H,1,6-7H2/t10-/m0/s1. The van der Waals surface area contributed by atoms with Crippen molar-refractivity contribution in [1.82, 2.24) is 4.90 Å². The number of halogens is 2. The minimum absolute atomic E-state index is 0.0310. The van der Waals surface area contributed by atoms with Gasteiger partial charge >= 0.3 is 0 Å². The van der Waals surface area contributed by atoms with Crippen LogP contribution in [-0.2, 0) is 11.3 Å². The molecule has 0 N–H and O–H groups in total. The molecule has 0 spiro atoms. The molecule has 1 aliphatic heterocycles. The lowest BCUT2D eigenvalue weighted by molar-refractivity contribution is -0.127. The SMILES string of the molecule is C=CC(=O)N1Cc2sc(Cl)cc2[C@H](c2ccsc2Br)C1. The van der Waals surface area contributed by atoms with E-state index in [4.69, 9.17) is 11.6 Å². The van der Waals surface area contributed by atoms with Crippen LogP contribution in [0.5, 0.6) is 0 Å². The van der Waals surface area contributed by atoms with Crippen LogP contribution < -0.4 is 0 Å². The Bertz CT molecular complexity index is 679. The quantitative estimate of drug-likeness (QED) is 0.671. The van der Waals surface area contributed by atoms with Crippen LogP contribution in [0.3, 0.4) is 0 Å². The van der Waals surface area contributed by atoms with E-state index in [0.717, 1.165) is 8.12 Å². The lowest BCUT2D eigenvalue weighted by atomic mass is 9.90. The molecule has 0 unspecified atom stereocenters. The van der Waals surface area contributed by atoms with Crippen molar-refractivity contribution in [2.45, 2.75) is 12.5 Å². The molecule has 1 atom stereocenters. The molecule has 104 valence electrons. The average Bonchev–Trinajstić information content (AvgIpc) is 3.01. The van der Waals surface area contributed by atoms with E-state index >= 15 is 0 Å². The van der Waals surface area contributed by atoms with Crippen LogP contribution >= 0.6 is 50.2 Å². The number of carbonyl (C=O) groups is 1. The van der Waals surface area contributed by atoms with Gasteiger partial charge in [0.25, 0.3) is 0 Å². The second-order valence-electron chi connectivity index (χ2n) is 4.55. The Hall–Kier alpha value is -0.620. The van der Waals surface area contributed by atoms with E-state index in [1.165, 1.54) is 22.1 Å². The molecule has 2 aromatic heterocycles. The van der Waals surface area contributed by atoms with E-state index in [0.29, 0.717) is 13.1 Å². The molecule has 0 aliphatic carbocycles. The van der Waals surface area contributed by atoms with Crippen molar-refractivity contribution in [3.63, 3.8) is 0 Å². The molecular weight excluding hydrogens is 378 g/mol. The molecule has 6 heteroatoms. The van der Waals surface area contributed by atoms with Crippen LogP contribution in [0.25, 0.3) is 0 Å². The fraction of sp³-hybridized carbons (Fsp3) is 0.214. The first-order valence-electron chi connectivity index (χ1n) is 6.02.